The van der Waals surface area contributed by atoms with Gasteiger partial charge in [-0.25, -0.2) is 9.07 Å². The molecule has 6 nitrogen and oxygen atoms in total. The monoisotopic (exact) mass is 342 g/mol. The Balaban J connectivity index is 1.72. The van der Waals surface area contributed by atoms with Gasteiger partial charge in [-0.05, 0) is 19.1 Å². The van der Waals surface area contributed by atoms with E-state index in [1.165, 1.54) is 10.7 Å². The summed E-state index contributed by atoms with van der Waals surface area (Å²) < 4.78 is 20.4. The van der Waals surface area contributed by atoms with Crippen molar-refractivity contribution in [1.82, 2.24) is 20.3 Å². The molecule has 7 heteroatoms. The second-order valence-corrected chi connectivity index (χ2v) is 6.13. The molecule has 1 amide bonds. The maximum absolute atomic E-state index is 13.8. The standard InChI is InChI=1S/C18H19FN4O2/c1-11(2)17-8-15(22-25-17)18(24)21-12(3)13-9-20-23(10-13)16-7-5-4-6-14(16)19/h4-12H,1-3H3,(H,21,24). The van der Waals surface area contributed by atoms with Gasteiger partial charge in [0.1, 0.15) is 17.3 Å². The van der Waals surface area contributed by atoms with Gasteiger partial charge in [0, 0.05) is 23.7 Å². The Kier molecular flexibility index (Phi) is 4.65. The summed E-state index contributed by atoms with van der Waals surface area (Å²) in [6, 6.07) is 7.69. The van der Waals surface area contributed by atoms with Crippen LogP contribution in [0.5, 0.6) is 0 Å². The first-order valence-electron chi connectivity index (χ1n) is 8.02. The van der Waals surface area contributed by atoms with E-state index >= 15 is 0 Å². The van der Waals surface area contributed by atoms with Crippen LogP contribution < -0.4 is 5.32 Å². The molecular formula is C18H19FN4O2. The highest BCUT2D eigenvalue weighted by molar-refractivity contribution is 5.92. The number of benzene rings is 1. The van der Waals surface area contributed by atoms with Crippen LogP contribution in [-0.2, 0) is 0 Å². The molecular weight excluding hydrogens is 323 g/mol. The lowest BCUT2D eigenvalue weighted by Gasteiger charge is -2.10. The van der Waals surface area contributed by atoms with Crippen molar-refractivity contribution in [3.8, 4) is 5.69 Å². The van der Waals surface area contributed by atoms with E-state index in [1.54, 1.807) is 36.7 Å². The fraction of sp³-hybridized carbons (Fsp3) is 0.278. The largest absolute Gasteiger partial charge is 0.360 e. The Bertz CT molecular complexity index is 885. The molecule has 1 atom stereocenters. The molecule has 1 N–H and O–H groups in total. The highest BCUT2D eigenvalue weighted by atomic mass is 19.1. The zero-order valence-electron chi connectivity index (χ0n) is 14.2. The van der Waals surface area contributed by atoms with Gasteiger partial charge in [-0.2, -0.15) is 5.10 Å². The predicted molar refractivity (Wildman–Crippen MR) is 90.0 cm³/mol. The quantitative estimate of drug-likeness (QED) is 0.769. The van der Waals surface area contributed by atoms with Crippen molar-refractivity contribution in [1.29, 1.82) is 0 Å². The Morgan fingerprint density at radius 2 is 2.04 bits per heavy atom. The molecule has 25 heavy (non-hydrogen) atoms. The Morgan fingerprint density at radius 1 is 1.28 bits per heavy atom. The number of hydrogen-bond donors (Lipinski definition) is 1. The van der Waals surface area contributed by atoms with E-state index in [0.29, 0.717) is 11.4 Å². The van der Waals surface area contributed by atoms with Gasteiger partial charge in [-0.15, -0.1) is 0 Å². The second-order valence-electron chi connectivity index (χ2n) is 6.13. The summed E-state index contributed by atoms with van der Waals surface area (Å²) in [6.45, 7) is 5.74. The molecule has 0 aliphatic heterocycles. The van der Waals surface area contributed by atoms with Crippen molar-refractivity contribution in [3.63, 3.8) is 0 Å². The third kappa shape index (κ3) is 3.60. The van der Waals surface area contributed by atoms with Crippen LogP contribution in [0.3, 0.4) is 0 Å². The summed E-state index contributed by atoms with van der Waals surface area (Å²) in [4.78, 5) is 12.3. The lowest BCUT2D eigenvalue weighted by Crippen LogP contribution is -2.26. The first-order valence-corrected chi connectivity index (χ1v) is 8.02. The Morgan fingerprint density at radius 3 is 2.72 bits per heavy atom. The summed E-state index contributed by atoms with van der Waals surface area (Å²) in [5.41, 5.74) is 1.34. The Labute approximate surface area is 144 Å². The summed E-state index contributed by atoms with van der Waals surface area (Å²) in [6.07, 6.45) is 3.28. The van der Waals surface area contributed by atoms with E-state index in [-0.39, 0.29) is 29.4 Å². The number of nitrogens with one attached hydrogen (secondary N) is 1. The van der Waals surface area contributed by atoms with E-state index < -0.39 is 0 Å². The minimum atomic E-state index is -0.363. The molecule has 0 fully saturated rings. The van der Waals surface area contributed by atoms with Crippen molar-refractivity contribution >= 4 is 5.91 Å². The molecule has 3 rings (SSSR count). The SMILES string of the molecule is CC(C)c1cc(C(=O)NC(C)c2cnn(-c3ccccc3F)c2)no1. The molecule has 130 valence electrons. The number of nitrogens with zero attached hydrogens (tertiary/aromatic N) is 3. The van der Waals surface area contributed by atoms with Gasteiger partial charge in [-0.1, -0.05) is 31.1 Å². The van der Waals surface area contributed by atoms with E-state index in [9.17, 15) is 9.18 Å². The molecule has 0 spiro atoms. The van der Waals surface area contributed by atoms with Crippen LogP contribution in [0.25, 0.3) is 5.69 Å². The Hall–Kier alpha value is -2.96. The maximum Gasteiger partial charge on any atom is 0.273 e. The van der Waals surface area contributed by atoms with Gasteiger partial charge in [0.2, 0.25) is 0 Å². The number of carbonyl (C=O) groups excluding carboxylic acids is 1. The first kappa shape index (κ1) is 16.9. The molecule has 2 aromatic heterocycles. The molecule has 1 unspecified atom stereocenters. The van der Waals surface area contributed by atoms with Gasteiger partial charge < -0.3 is 9.84 Å². The first-order chi connectivity index (χ1) is 12.0. The summed E-state index contributed by atoms with van der Waals surface area (Å²) in [7, 11) is 0. The molecule has 0 bridgehead atoms. The summed E-state index contributed by atoms with van der Waals surface area (Å²) in [5, 5.41) is 10.8. The lowest BCUT2D eigenvalue weighted by molar-refractivity contribution is 0.0930. The van der Waals surface area contributed by atoms with Gasteiger partial charge in [0.25, 0.3) is 5.91 Å². The summed E-state index contributed by atoms with van der Waals surface area (Å²) in [5.74, 6) is 0.120. The van der Waals surface area contributed by atoms with Crippen molar-refractivity contribution in [2.24, 2.45) is 0 Å². The fourth-order valence-corrected chi connectivity index (χ4v) is 2.35. The topological polar surface area (TPSA) is 73.0 Å². The number of carbonyl (C=O) groups is 1. The average molecular weight is 342 g/mol. The highest BCUT2D eigenvalue weighted by Gasteiger charge is 2.18. The van der Waals surface area contributed by atoms with E-state index in [1.807, 2.05) is 20.8 Å². The van der Waals surface area contributed by atoms with Crippen molar-refractivity contribution in [3.05, 3.63) is 65.6 Å². The molecule has 0 aliphatic carbocycles. The van der Waals surface area contributed by atoms with Gasteiger partial charge in [0.15, 0.2) is 5.69 Å². The molecule has 0 radical (unpaired) electrons. The van der Waals surface area contributed by atoms with Crippen LogP contribution in [0.1, 0.15) is 54.5 Å². The number of para-hydroxylation sites is 1. The van der Waals surface area contributed by atoms with Crippen LogP contribution in [0.15, 0.2) is 47.2 Å². The van der Waals surface area contributed by atoms with E-state index in [4.69, 9.17) is 4.52 Å². The number of hydrogen-bond acceptors (Lipinski definition) is 4. The van der Waals surface area contributed by atoms with Crippen LogP contribution in [-0.4, -0.2) is 20.8 Å². The van der Waals surface area contributed by atoms with Gasteiger partial charge in [0.05, 0.1) is 12.2 Å². The molecule has 1 aromatic carbocycles. The van der Waals surface area contributed by atoms with E-state index in [0.717, 1.165) is 5.56 Å². The second kappa shape index (κ2) is 6.88. The maximum atomic E-state index is 13.8. The van der Waals surface area contributed by atoms with E-state index in [2.05, 4.69) is 15.6 Å². The summed E-state index contributed by atoms with van der Waals surface area (Å²) >= 11 is 0. The average Bonchev–Trinajstić information content (AvgIpc) is 3.25. The third-order valence-electron chi connectivity index (χ3n) is 3.88. The van der Waals surface area contributed by atoms with Crippen molar-refractivity contribution < 1.29 is 13.7 Å². The van der Waals surface area contributed by atoms with Crippen molar-refractivity contribution in [2.45, 2.75) is 32.7 Å². The highest BCUT2D eigenvalue weighted by Crippen LogP contribution is 2.18. The van der Waals surface area contributed by atoms with Gasteiger partial charge >= 0.3 is 0 Å². The molecule has 0 saturated carbocycles. The van der Waals surface area contributed by atoms with Crippen LogP contribution in [0, 0.1) is 5.82 Å². The smallest absolute Gasteiger partial charge is 0.273 e. The molecule has 2 heterocycles. The van der Waals surface area contributed by atoms with Crippen molar-refractivity contribution in [2.75, 3.05) is 0 Å². The zero-order chi connectivity index (χ0) is 18.0. The predicted octanol–water partition coefficient (Wildman–Crippen LogP) is 3.61. The minimum absolute atomic E-state index is 0.158. The zero-order valence-corrected chi connectivity index (χ0v) is 14.2. The number of halogens is 1. The third-order valence-corrected chi connectivity index (χ3v) is 3.88. The van der Waals surface area contributed by atoms with Crippen LogP contribution in [0.2, 0.25) is 0 Å². The van der Waals surface area contributed by atoms with Gasteiger partial charge in [-0.3, -0.25) is 4.79 Å². The molecule has 3 aromatic rings. The molecule has 0 saturated heterocycles. The normalized spacial score (nSPS) is 12.4. The number of rotatable bonds is 5. The molecule has 0 aliphatic rings. The number of amides is 1. The fourth-order valence-electron chi connectivity index (χ4n) is 2.35. The van der Waals surface area contributed by atoms with Crippen LogP contribution >= 0.6 is 0 Å². The van der Waals surface area contributed by atoms with Crippen LogP contribution in [0.4, 0.5) is 4.39 Å². The number of aromatic nitrogens is 3. The minimum Gasteiger partial charge on any atom is -0.360 e. The lowest BCUT2D eigenvalue weighted by atomic mass is 10.1.